The highest BCUT2D eigenvalue weighted by atomic mass is 32.1. The van der Waals surface area contributed by atoms with E-state index in [9.17, 15) is 0 Å². The van der Waals surface area contributed by atoms with Gasteiger partial charge in [-0.2, -0.15) is 50.5 Å². The molecular weight excluding hydrogens is 508 g/mol. The van der Waals surface area contributed by atoms with Gasteiger partial charge in [0, 0.05) is 23.0 Å². The zero-order valence-electron chi connectivity index (χ0n) is 19.7. The molecule has 0 aromatic rings. The normalized spacial score (nSPS) is 12.0. The van der Waals surface area contributed by atoms with Crippen LogP contribution >= 0.6 is 50.5 Å². The third-order valence-corrected chi connectivity index (χ3v) is 4.79. The molecular formula is C21H44O8S4. The van der Waals surface area contributed by atoms with Crippen LogP contribution in [0.15, 0.2) is 0 Å². The summed E-state index contributed by atoms with van der Waals surface area (Å²) in [5.41, 5.74) is -0.486. The first-order chi connectivity index (χ1) is 16.2. The fraction of sp³-hybridized carbons (Fsp3) is 1.00. The number of hydrogen-bond donors (Lipinski definition) is 4. The number of rotatable bonds is 28. The second kappa shape index (κ2) is 27.7. The van der Waals surface area contributed by atoms with Crippen LogP contribution in [0.2, 0.25) is 0 Å². The molecule has 8 nitrogen and oxygen atoms in total. The Bertz CT molecular complexity index is 317. The highest BCUT2D eigenvalue weighted by Gasteiger charge is 2.32. The Morgan fingerprint density at radius 1 is 0.303 bits per heavy atom. The summed E-state index contributed by atoms with van der Waals surface area (Å²) >= 11 is 16.6. The molecule has 0 amide bonds. The topological polar surface area (TPSA) is 73.8 Å². The molecule has 200 valence electrons. The number of thiol groups is 4. The van der Waals surface area contributed by atoms with Gasteiger partial charge in [-0.25, -0.2) is 0 Å². The molecule has 0 aliphatic heterocycles. The maximum Gasteiger partial charge on any atom is 0.0700 e. The molecule has 0 spiro atoms. The molecule has 0 aromatic heterocycles. The van der Waals surface area contributed by atoms with Crippen LogP contribution in [-0.4, -0.2) is 129 Å². The Morgan fingerprint density at radius 2 is 0.515 bits per heavy atom. The van der Waals surface area contributed by atoms with Crippen molar-refractivity contribution < 1.29 is 37.9 Å². The minimum Gasteiger partial charge on any atom is -0.378 e. The van der Waals surface area contributed by atoms with Crippen molar-refractivity contribution in [2.75, 3.05) is 129 Å². The van der Waals surface area contributed by atoms with Crippen molar-refractivity contribution in [1.82, 2.24) is 0 Å². The van der Waals surface area contributed by atoms with E-state index in [0.29, 0.717) is 129 Å². The van der Waals surface area contributed by atoms with E-state index in [0.717, 1.165) is 0 Å². The fourth-order valence-corrected chi connectivity index (χ4v) is 3.06. The molecule has 12 heteroatoms. The summed E-state index contributed by atoms with van der Waals surface area (Å²) in [6, 6.07) is 0. The molecule has 0 aliphatic carbocycles. The van der Waals surface area contributed by atoms with Crippen LogP contribution in [0.5, 0.6) is 0 Å². The van der Waals surface area contributed by atoms with E-state index < -0.39 is 5.41 Å². The lowest BCUT2D eigenvalue weighted by Gasteiger charge is -2.33. The maximum atomic E-state index is 5.92. The SMILES string of the molecule is SCCOCCOCC(COCCOCCS)(COCCOCCS)COCCOCCS. The Morgan fingerprint density at radius 3 is 0.727 bits per heavy atom. The molecule has 0 atom stereocenters. The second-order valence-corrected chi connectivity index (χ2v) is 8.84. The molecule has 0 saturated heterocycles. The molecule has 0 rings (SSSR count). The van der Waals surface area contributed by atoms with Gasteiger partial charge in [-0.05, 0) is 0 Å². The Kier molecular flexibility index (Phi) is 28.6. The first-order valence-corrected chi connectivity index (χ1v) is 13.8. The Balaban J connectivity index is 4.74. The van der Waals surface area contributed by atoms with Crippen LogP contribution in [-0.2, 0) is 37.9 Å². The van der Waals surface area contributed by atoms with Gasteiger partial charge in [-0.15, -0.1) is 0 Å². The standard InChI is InChI=1S/C21H44O8S4/c30-13-9-22-1-5-26-17-21(18-27-6-2-23-10-14-31,19-28-7-3-24-11-15-32)20-29-8-4-25-12-16-33/h30-33H,1-20H2. The predicted molar refractivity (Wildman–Crippen MR) is 144 cm³/mol. The molecule has 0 radical (unpaired) electrons. The molecule has 0 N–H and O–H groups in total. The Hall–Kier alpha value is 1.08. The lowest BCUT2D eigenvalue weighted by atomic mass is 9.92. The number of ether oxygens (including phenoxy) is 8. The average Bonchev–Trinajstić information content (AvgIpc) is 2.83. The van der Waals surface area contributed by atoms with E-state index in [2.05, 4.69) is 50.5 Å². The van der Waals surface area contributed by atoms with Crippen molar-refractivity contribution >= 4 is 50.5 Å². The van der Waals surface area contributed by atoms with Gasteiger partial charge in [-0.3, -0.25) is 0 Å². The van der Waals surface area contributed by atoms with Crippen molar-refractivity contribution in [2.24, 2.45) is 5.41 Å². The fourth-order valence-electron chi connectivity index (χ4n) is 2.54. The molecule has 0 heterocycles. The van der Waals surface area contributed by atoms with Crippen LogP contribution < -0.4 is 0 Å². The summed E-state index contributed by atoms with van der Waals surface area (Å²) in [4.78, 5) is 0. The third-order valence-electron chi connectivity index (χ3n) is 4.06. The van der Waals surface area contributed by atoms with Gasteiger partial charge in [0.2, 0.25) is 0 Å². The maximum absolute atomic E-state index is 5.92. The van der Waals surface area contributed by atoms with Crippen molar-refractivity contribution in [1.29, 1.82) is 0 Å². The van der Waals surface area contributed by atoms with E-state index in [4.69, 9.17) is 37.9 Å². The lowest BCUT2D eigenvalue weighted by molar-refractivity contribution is -0.120. The molecule has 0 aliphatic rings. The van der Waals surface area contributed by atoms with Crippen LogP contribution in [0.25, 0.3) is 0 Å². The van der Waals surface area contributed by atoms with Gasteiger partial charge in [0.25, 0.3) is 0 Å². The van der Waals surface area contributed by atoms with Crippen LogP contribution in [0.3, 0.4) is 0 Å². The Labute approximate surface area is 222 Å². The quantitative estimate of drug-likeness (QED) is 0.0866. The molecule has 0 fully saturated rings. The van der Waals surface area contributed by atoms with E-state index in [1.807, 2.05) is 0 Å². The minimum absolute atomic E-state index is 0.406. The van der Waals surface area contributed by atoms with Crippen molar-refractivity contribution in [3.8, 4) is 0 Å². The van der Waals surface area contributed by atoms with Crippen LogP contribution in [0.1, 0.15) is 0 Å². The van der Waals surface area contributed by atoms with Gasteiger partial charge in [0.1, 0.15) is 0 Å². The van der Waals surface area contributed by atoms with Gasteiger partial charge in [0.15, 0.2) is 0 Å². The predicted octanol–water partition coefficient (Wildman–Crippen LogP) is 1.82. The lowest BCUT2D eigenvalue weighted by Crippen LogP contribution is -2.43. The van der Waals surface area contributed by atoms with E-state index in [1.54, 1.807) is 0 Å². The minimum atomic E-state index is -0.486. The van der Waals surface area contributed by atoms with Crippen molar-refractivity contribution in [3.05, 3.63) is 0 Å². The zero-order chi connectivity index (χ0) is 24.3. The summed E-state index contributed by atoms with van der Waals surface area (Å²) in [5.74, 6) is 2.72. The van der Waals surface area contributed by atoms with Crippen LogP contribution in [0, 0.1) is 5.41 Å². The zero-order valence-corrected chi connectivity index (χ0v) is 23.3. The first kappa shape index (κ1) is 34.1. The molecule has 0 unspecified atom stereocenters. The summed E-state index contributed by atoms with van der Waals surface area (Å²) in [6.07, 6.45) is 0. The summed E-state index contributed by atoms with van der Waals surface area (Å²) in [7, 11) is 0. The van der Waals surface area contributed by atoms with Crippen molar-refractivity contribution in [2.45, 2.75) is 0 Å². The van der Waals surface area contributed by atoms with Gasteiger partial charge in [-0.1, -0.05) is 0 Å². The molecule has 33 heavy (non-hydrogen) atoms. The monoisotopic (exact) mass is 552 g/mol. The molecule has 0 bridgehead atoms. The highest BCUT2D eigenvalue weighted by molar-refractivity contribution is 7.80. The van der Waals surface area contributed by atoms with Gasteiger partial charge >= 0.3 is 0 Å². The summed E-state index contributed by atoms with van der Waals surface area (Å²) in [5, 5.41) is 0. The first-order valence-electron chi connectivity index (χ1n) is 11.3. The summed E-state index contributed by atoms with van der Waals surface area (Å²) in [6.45, 7) is 7.91. The van der Waals surface area contributed by atoms with Gasteiger partial charge < -0.3 is 37.9 Å². The third kappa shape index (κ3) is 23.2. The van der Waals surface area contributed by atoms with Crippen LogP contribution in [0.4, 0.5) is 0 Å². The number of hydrogen-bond acceptors (Lipinski definition) is 12. The largest absolute Gasteiger partial charge is 0.378 e. The smallest absolute Gasteiger partial charge is 0.0700 e. The second-order valence-electron chi connectivity index (χ2n) is 7.05. The van der Waals surface area contributed by atoms with E-state index in [-0.39, 0.29) is 0 Å². The van der Waals surface area contributed by atoms with E-state index in [1.165, 1.54) is 0 Å². The average molecular weight is 553 g/mol. The van der Waals surface area contributed by atoms with Gasteiger partial charge in [0.05, 0.1) is 111 Å². The highest BCUT2D eigenvalue weighted by Crippen LogP contribution is 2.21. The summed E-state index contributed by atoms with van der Waals surface area (Å²) < 4.78 is 45.4. The molecule has 0 aromatic carbocycles. The molecule has 0 saturated carbocycles. The van der Waals surface area contributed by atoms with E-state index >= 15 is 0 Å². The van der Waals surface area contributed by atoms with Crippen molar-refractivity contribution in [3.63, 3.8) is 0 Å².